The van der Waals surface area contributed by atoms with E-state index in [9.17, 15) is 4.79 Å². The molecule has 1 unspecified atom stereocenters. The molecule has 1 heterocycles. The fraction of sp³-hybridized carbons (Fsp3) is 0.556. The lowest BCUT2D eigenvalue weighted by Crippen LogP contribution is -2.22. The van der Waals surface area contributed by atoms with Crippen LogP contribution in [0, 0.1) is 6.92 Å². The van der Waals surface area contributed by atoms with Crippen molar-refractivity contribution in [3.05, 3.63) is 11.3 Å². The van der Waals surface area contributed by atoms with E-state index in [1.54, 1.807) is 14.0 Å². The predicted molar refractivity (Wildman–Crippen MR) is 53.9 cm³/mol. The number of carbonyl (C=O) groups is 1. The summed E-state index contributed by atoms with van der Waals surface area (Å²) >= 11 is 0. The topological polar surface area (TPSA) is 90.4 Å². The lowest BCUT2D eigenvalue weighted by atomic mass is 10.00. The molecule has 1 aromatic rings. The third-order valence-corrected chi connectivity index (χ3v) is 2.29. The standard InChI is InChI=1S/C9H15N3O3/c1-5-7(6(4-10)9(13)14)8(15-3)12(2)11-5/h6H,4,10H2,1-3H3,(H,13,14). The monoisotopic (exact) mass is 213 g/mol. The van der Waals surface area contributed by atoms with Gasteiger partial charge in [0.1, 0.15) is 5.92 Å². The number of nitrogens with two attached hydrogens (primary N) is 1. The van der Waals surface area contributed by atoms with Crippen LogP contribution in [-0.2, 0) is 11.8 Å². The van der Waals surface area contributed by atoms with Crippen molar-refractivity contribution in [2.75, 3.05) is 13.7 Å². The van der Waals surface area contributed by atoms with E-state index in [0.717, 1.165) is 0 Å². The Hall–Kier alpha value is -1.56. The molecule has 1 aromatic heterocycles. The highest BCUT2D eigenvalue weighted by molar-refractivity contribution is 5.77. The van der Waals surface area contributed by atoms with Gasteiger partial charge >= 0.3 is 5.97 Å². The summed E-state index contributed by atoms with van der Waals surface area (Å²) in [6, 6.07) is 0. The zero-order valence-electron chi connectivity index (χ0n) is 9.02. The first-order valence-electron chi connectivity index (χ1n) is 4.53. The Kier molecular flexibility index (Phi) is 3.31. The van der Waals surface area contributed by atoms with E-state index in [0.29, 0.717) is 17.1 Å². The number of rotatable bonds is 4. The van der Waals surface area contributed by atoms with Gasteiger partial charge in [0.05, 0.1) is 18.4 Å². The Balaban J connectivity index is 3.27. The summed E-state index contributed by atoms with van der Waals surface area (Å²) < 4.78 is 6.62. The Bertz CT molecular complexity index is 373. The molecule has 84 valence electrons. The van der Waals surface area contributed by atoms with Crippen molar-refractivity contribution in [3.8, 4) is 5.88 Å². The zero-order valence-corrected chi connectivity index (χ0v) is 9.02. The number of carboxylic acids is 1. The lowest BCUT2D eigenvalue weighted by molar-refractivity contribution is -0.138. The van der Waals surface area contributed by atoms with E-state index in [1.165, 1.54) is 11.8 Å². The van der Waals surface area contributed by atoms with Crippen molar-refractivity contribution in [1.29, 1.82) is 0 Å². The summed E-state index contributed by atoms with van der Waals surface area (Å²) in [4.78, 5) is 11.0. The van der Waals surface area contributed by atoms with Gasteiger partial charge in [-0.1, -0.05) is 0 Å². The highest BCUT2D eigenvalue weighted by atomic mass is 16.5. The second-order valence-electron chi connectivity index (χ2n) is 3.26. The molecule has 0 amide bonds. The Morgan fingerprint density at radius 1 is 1.73 bits per heavy atom. The molecular formula is C9H15N3O3. The molecule has 1 rings (SSSR count). The number of ether oxygens (including phenoxy) is 1. The van der Waals surface area contributed by atoms with Crippen LogP contribution in [-0.4, -0.2) is 34.5 Å². The molecule has 15 heavy (non-hydrogen) atoms. The summed E-state index contributed by atoms with van der Waals surface area (Å²) in [5.74, 6) is -1.29. The van der Waals surface area contributed by atoms with E-state index < -0.39 is 11.9 Å². The molecule has 0 aliphatic heterocycles. The number of aliphatic carboxylic acids is 1. The van der Waals surface area contributed by atoms with Crippen molar-refractivity contribution < 1.29 is 14.6 Å². The number of hydrogen-bond acceptors (Lipinski definition) is 4. The Morgan fingerprint density at radius 2 is 2.33 bits per heavy atom. The summed E-state index contributed by atoms with van der Waals surface area (Å²) in [7, 11) is 3.18. The van der Waals surface area contributed by atoms with Gasteiger partial charge in [0.2, 0.25) is 5.88 Å². The van der Waals surface area contributed by atoms with Crippen LogP contribution in [0.25, 0.3) is 0 Å². The maximum atomic E-state index is 11.0. The molecule has 6 heteroatoms. The van der Waals surface area contributed by atoms with Gasteiger partial charge in [-0.3, -0.25) is 4.79 Å². The van der Waals surface area contributed by atoms with Crippen LogP contribution in [0.2, 0.25) is 0 Å². The summed E-state index contributed by atoms with van der Waals surface area (Å²) in [5, 5.41) is 13.1. The van der Waals surface area contributed by atoms with Crippen LogP contribution in [0.1, 0.15) is 17.2 Å². The molecule has 0 saturated carbocycles. The summed E-state index contributed by atoms with van der Waals surface area (Å²) in [6.07, 6.45) is 0. The summed E-state index contributed by atoms with van der Waals surface area (Å²) in [6.45, 7) is 1.77. The second kappa shape index (κ2) is 4.31. The average Bonchev–Trinajstić information content (AvgIpc) is 2.42. The fourth-order valence-corrected chi connectivity index (χ4v) is 1.64. The zero-order chi connectivity index (χ0) is 11.6. The summed E-state index contributed by atoms with van der Waals surface area (Å²) in [5.41, 5.74) is 6.62. The van der Waals surface area contributed by atoms with Gasteiger partial charge in [-0.25, -0.2) is 4.68 Å². The van der Waals surface area contributed by atoms with Gasteiger partial charge in [-0.15, -0.1) is 0 Å². The normalized spacial score (nSPS) is 12.5. The number of aromatic nitrogens is 2. The Labute approximate surface area is 87.6 Å². The largest absolute Gasteiger partial charge is 0.481 e. The van der Waals surface area contributed by atoms with Gasteiger partial charge in [-0.2, -0.15) is 5.10 Å². The number of methoxy groups -OCH3 is 1. The first-order valence-corrected chi connectivity index (χ1v) is 4.53. The van der Waals surface area contributed by atoms with Crippen LogP contribution in [0.5, 0.6) is 5.88 Å². The molecular weight excluding hydrogens is 198 g/mol. The quantitative estimate of drug-likeness (QED) is 0.726. The van der Waals surface area contributed by atoms with Gasteiger partial charge < -0.3 is 15.6 Å². The third-order valence-electron chi connectivity index (χ3n) is 2.29. The van der Waals surface area contributed by atoms with Crippen molar-refractivity contribution in [3.63, 3.8) is 0 Å². The SMILES string of the molecule is COc1c(C(CN)C(=O)O)c(C)nn1C. The van der Waals surface area contributed by atoms with Gasteiger partial charge in [0.15, 0.2) is 0 Å². The van der Waals surface area contributed by atoms with Gasteiger partial charge in [0.25, 0.3) is 0 Å². The second-order valence-corrected chi connectivity index (χ2v) is 3.26. The molecule has 0 saturated heterocycles. The molecule has 0 radical (unpaired) electrons. The highest BCUT2D eigenvalue weighted by Gasteiger charge is 2.27. The third kappa shape index (κ3) is 1.94. The Morgan fingerprint density at radius 3 is 2.73 bits per heavy atom. The minimum absolute atomic E-state index is 0.0260. The van der Waals surface area contributed by atoms with Crippen molar-refractivity contribution >= 4 is 5.97 Å². The molecule has 0 spiro atoms. The van der Waals surface area contributed by atoms with E-state index in [2.05, 4.69) is 5.10 Å². The van der Waals surface area contributed by atoms with Crippen LogP contribution in [0.3, 0.4) is 0 Å². The number of aryl methyl sites for hydroxylation is 2. The van der Waals surface area contributed by atoms with Crippen molar-refractivity contribution in [2.24, 2.45) is 12.8 Å². The maximum Gasteiger partial charge on any atom is 0.312 e. The van der Waals surface area contributed by atoms with Crippen LogP contribution < -0.4 is 10.5 Å². The van der Waals surface area contributed by atoms with E-state index in [4.69, 9.17) is 15.6 Å². The van der Waals surface area contributed by atoms with Gasteiger partial charge in [-0.05, 0) is 6.92 Å². The molecule has 3 N–H and O–H groups in total. The minimum Gasteiger partial charge on any atom is -0.481 e. The first kappa shape index (κ1) is 11.5. The van der Waals surface area contributed by atoms with Crippen molar-refractivity contribution in [1.82, 2.24) is 9.78 Å². The van der Waals surface area contributed by atoms with Gasteiger partial charge in [0, 0.05) is 13.6 Å². The van der Waals surface area contributed by atoms with E-state index in [-0.39, 0.29) is 6.54 Å². The molecule has 1 atom stereocenters. The first-order chi connectivity index (χ1) is 7.02. The minimum atomic E-state index is -0.966. The molecule has 0 aliphatic rings. The fourth-order valence-electron chi connectivity index (χ4n) is 1.64. The highest BCUT2D eigenvalue weighted by Crippen LogP contribution is 2.28. The number of nitrogens with zero attached hydrogens (tertiary/aromatic N) is 2. The predicted octanol–water partition coefficient (Wildman–Crippen LogP) is -0.136. The number of hydrogen-bond donors (Lipinski definition) is 2. The molecule has 0 aromatic carbocycles. The molecule has 0 aliphatic carbocycles. The molecule has 6 nitrogen and oxygen atoms in total. The lowest BCUT2D eigenvalue weighted by Gasteiger charge is -2.11. The van der Waals surface area contributed by atoms with Crippen LogP contribution in [0.15, 0.2) is 0 Å². The van der Waals surface area contributed by atoms with E-state index >= 15 is 0 Å². The molecule has 0 bridgehead atoms. The average molecular weight is 213 g/mol. The number of carboxylic acid groups (broad SMARTS) is 1. The smallest absolute Gasteiger partial charge is 0.312 e. The molecule has 0 fully saturated rings. The van der Waals surface area contributed by atoms with Crippen LogP contribution in [0.4, 0.5) is 0 Å². The van der Waals surface area contributed by atoms with Crippen LogP contribution >= 0.6 is 0 Å². The van der Waals surface area contributed by atoms with E-state index in [1.807, 2.05) is 0 Å². The maximum absolute atomic E-state index is 11.0. The van der Waals surface area contributed by atoms with Crippen molar-refractivity contribution in [2.45, 2.75) is 12.8 Å².